The lowest BCUT2D eigenvalue weighted by Gasteiger charge is -2.24. The zero-order valence-corrected chi connectivity index (χ0v) is 13.3. The molecule has 3 rings (SSSR count). The average Bonchev–Trinajstić information content (AvgIpc) is 2.52. The third-order valence-corrected chi connectivity index (χ3v) is 4.32. The average molecular weight is 309 g/mol. The summed E-state index contributed by atoms with van der Waals surface area (Å²) in [7, 11) is 0. The summed E-state index contributed by atoms with van der Waals surface area (Å²) in [5.41, 5.74) is 2.18. The summed E-state index contributed by atoms with van der Waals surface area (Å²) in [6.45, 7) is 0.697. The van der Waals surface area contributed by atoms with Crippen molar-refractivity contribution in [3.63, 3.8) is 0 Å². The van der Waals surface area contributed by atoms with Crippen molar-refractivity contribution in [3.05, 3.63) is 60.2 Å². The summed E-state index contributed by atoms with van der Waals surface area (Å²) in [6, 6.07) is 18.1. The van der Waals surface area contributed by atoms with Gasteiger partial charge in [-0.25, -0.2) is 0 Å². The molecule has 2 aromatic carbocycles. The van der Waals surface area contributed by atoms with E-state index in [9.17, 15) is 4.79 Å². The number of ether oxygens (including phenoxy) is 1. The fourth-order valence-corrected chi connectivity index (χ4v) is 2.66. The molecule has 0 bridgehead atoms. The lowest BCUT2D eigenvalue weighted by molar-refractivity contribution is -0.122. The molecule has 0 aliphatic heterocycles. The highest BCUT2D eigenvalue weighted by atomic mass is 16.5. The Balaban J connectivity index is 1.39. The van der Waals surface area contributed by atoms with Crippen molar-refractivity contribution in [2.75, 3.05) is 11.9 Å². The number of rotatable bonds is 7. The van der Waals surface area contributed by atoms with Crippen LogP contribution in [0.5, 0.6) is 5.75 Å². The van der Waals surface area contributed by atoms with Crippen molar-refractivity contribution >= 4 is 11.6 Å². The summed E-state index contributed by atoms with van der Waals surface area (Å²) >= 11 is 0. The number of aryl methyl sites for hydroxylation is 1. The summed E-state index contributed by atoms with van der Waals surface area (Å²) in [5.74, 6) is 1.20. The smallest absolute Gasteiger partial charge is 0.227 e. The standard InChI is InChI=1S/C20H23NO2/c22-20(17-9-4-10-17)21-18-11-13-19(14-12-18)23-15-5-8-16-6-2-1-3-7-16/h1-3,6-7,11-14,17H,4-5,8-10,15H2,(H,21,22). The maximum absolute atomic E-state index is 11.9. The van der Waals surface area contributed by atoms with Crippen LogP contribution in [0.1, 0.15) is 31.2 Å². The van der Waals surface area contributed by atoms with Crippen molar-refractivity contribution < 1.29 is 9.53 Å². The minimum atomic E-state index is 0.146. The Hall–Kier alpha value is -2.29. The number of amides is 1. The van der Waals surface area contributed by atoms with Crippen molar-refractivity contribution in [2.45, 2.75) is 32.1 Å². The van der Waals surface area contributed by atoms with Gasteiger partial charge in [0.25, 0.3) is 0 Å². The fraction of sp³-hybridized carbons (Fsp3) is 0.350. The van der Waals surface area contributed by atoms with E-state index in [0.29, 0.717) is 6.61 Å². The van der Waals surface area contributed by atoms with Gasteiger partial charge in [0, 0.05) is 11.6 Å². The first-order valence-electron chi connectivity index (χ1n) is 8.39. The van der Waals surface area contributed by atoms with E-state index in [1.165, 1.54) is 12.0 Å². The van der Waals surface area contributed by atoms with Crippen LogP contribution < -0.4 is 10.1 Å². The van der Waals surface area contributed by atoms with E-state index in [2.05, 4.69) is 29.6 Å². The topological polar surface area (TPSA) is 38.3 Å². The number of hydrogen-bond acceptors (Lipinski definition) is 2. The van der Waals surface area contributed by atoms with Crippen LogP contribution in [-0.4, -0.2) is 12.5 Å². The Morgan fingerprint density at radius 2 is 1.78 bits per heavy atom. The maximum Gasteiger partial charge on any atom is 0.227 e. The van der Waals surface area contributed by atoms with Gasteiger partial charge in [-0.15, -0.1) is 0 Å². The molecule has 0 radical (unpaired) electrons. The Morgan fingerprint density at radius 1 is 1.04 bits per heavy atom. The molecule has 1 N–H and O–H groups in total. The third-order valence-electron chi connectivity index (χ3n) is 4.32. The molecular weight excluding hydrogens is 286 g/mol. The van der Waals surface area contributed by atoms with Crippen LogP contribution in [0.2, 0.25) is 0 Å². The van der Waals surface area contributed by atoms with Gasteiger partial charge in [0.15, 0.2) is 0 Å². The second kappa shape index (κ2) is 7.82. The van der Waals surface area contributed by atoms with Crippen molar-refractivity contribution in [3.8, 4) is 5.75 Å². The van der Waals surface area contributed by atoms with Crippen LogP contribution in [0.15, 0.2) is 54.6 Å². The largest absolute Gasteiger partial charge is 0.494 e. The lowest BCUT2D eigenvalue weighted by atomic mass is 9.85. The number of nitrogens with one attached hydrogen (secondary N) is 1. The number of carbonyl (C=O) groups is 1. The summed E-state index contributed by atoms with van der Waals surface area (Å²) in [6.07, 6.45) is 5.23. The van der Waals surface area contributed by atoms with Gasteiger partial charge in [-0.2, -0.15) is 0 Å². The van der Waals surface area contributed by atoms with Gasteiger partial charge < -0.3 is 10.1 Å². The lowest BCUT2D eigenvalue weighted by Crippen LogP contribution is -2.27. The maximum atomic E-state index is 11.9. The summed E-state index contributed by atoms with van der Waals surface area (Å²) in [4.78, 5) is 11.9. The minimum absolute atomic E-state index is 0.146. The number of anilines is 1. The molecule has 0 atom stereocenters. The molecule has 1 amide bonds. The Bertz CT molecular complexity index is 618. The predicted octanol–water partition coefficient (Wildman–Crippen LogP) is 4.44. The summed E-state index contributed by atoms with van der Waals surface area (Å²) in [5, 5.41) is 2.97. The SMILES string of the molecule is O=C(Nc1ccc(OCCCc2ccccc2)cc1)C1CCC1. The van der Waals surface area contributed by atoms with E-state index >= 15 is 0 Å². The highest BCUT2D eigenvalue weighted by Gasteiger charge is 2.24. The Morgan fingerprint density at radius 3 is 2.43 bits per heavy atom. The molecule has 0 heterocycles. The van der Waals surface area contributed by atoms with E-state index in [0.717, 1.165) is 37.1 Å². The predicted molar refractivity (Wildman–Crippen MR) is 92.7 cm³/mol. The Kier molecular flexibility index (Phi) is 5.30. The molecule has 2 aromatic rings. The zero-order chi connectivity index (χ0) is 15.9. The number of carbonyl (C=O) groups excluding carboxylic acids is 1. The normalized spacial score (nSPS) is 14.1. The highest BCUT2D eigenvalue weighted by molar-refractivity contribution is 5.93. The molecule has 1 aliphatic rings. The first-order valence-corrected chi connectivity index (χ1v) is 8.39. The summed E-state index contributed by atoms with van der Waals surface area (Å²) < 4.78 is 5.75. The highest BCUT2D eigenvalue weighted by Crippen LogP contribution is 2.27. The van der Waals surface area contributed by atoms with E-state index in [4.69, 9.17) is 4.74 Å². The van der Waals surface area contributed by atoms with Crippen LogP contribution in [0.4, 0.5) is 5.69 Å². The van der Waals surface area contributed by atoms with E-state index < -0.39 is 0 Å². The zero-order valence-electron chi connectivity index (χ0n) is 13.3. The molecule has 1 fully saturated rings. The quantitative estimate of drug-likeness (QED) is 0.768. The van der Waals surface area contributed by atoms with E-state index in [1.807, 2.05) is 30.3 Å². The van der Waals surface area contributed by atoms with Gasteiger partial charge in [-0.05, 0) is 55.5 Å². The van der Waals surface area contributed by atoms with E-state index in [1.54, 1.807) is 0 Å². The minimum Gasteiger partial charge on any atom is -0.494 e. The monoisotopic (exact) mass is 309 g/mol. The molecule has 0 saturated heterocycles. The van der Waals surface area contributed by atoms with Gasteiger partial charge >= 0.3 is 0 Å². The van der Waals surface area contributed by atoms with Gasteiger partial charge in [0.2, 0.25) is 5.91 Å². The van der Waals surface area contributed by atoms with Crippen LogP contribution in [0.25, 0.3) is 0 Å². The molecule has 120 valence electrons. The Labute approximate surface area is 137 Å². The number of hydrogen-bond donors (Lipinski definition) is 1. The van der Waals surface area contributed by atoms with Gasteiger partial charge in [-0.1, -0.05) is 36.8 Å². The van der Waals surface area contributed by atoms with Gasteiger partial charge in [0.1, 0.15) is 5.75 Å². The van der Waals surface area contributed by atoms with Crippen LogP contribution in [-0.2, 0) is 11.2 Å². The van der Waals surface area contributed by atoms with Crippen molar-refractivity contribution in [2.24, 2.45) is 5.92 Å². The molecule has 3 heteroatoms. The first-order chi connectivity index (χ1) is 11.3. The van der Waals surface area contributed by atoms with Crippen LogP contribution in [0.3, 0.4) is 0 Å². The van der Waals surface area contributed by atoms with Crippen LogP contribution in [0, 0.1) is 5.92 Å². The van der Waals surface area contributed by atoms with E-state index in [-0.39, 0.29) is 11.8 Å². The molecule has 0 spiro atoms. The molecule has 23 heavy (non-hydrogen) atoms. The molecule has 1 aliphatic carbocycles. The first kappa shape index (κ1) is 15.6. The fourth-order valence-electron chi connectivity index (χ4n) is 2.66. The second-order valence-electron chi connectivity index (χ2n) is 6.08. The third kappa shape index (κ3) is 4.59. The second-order valence-corrected chi connectivity index (χ2v) is 6.08. The van der Waals surface area contributed by atoms with Crippen molar-refractivity contribution in [1.82, 2.24) is 0 Å². The van der Waals surface area contributed by atoms with Gasteiger partial charge in [0.05, 0.1) is 6.61 Å². The molecular formula is C20H23NO2. The molecule has 3 nitrogen and oxygen atoms in total. The van der Waals surface area contributed by atoms with Crippen LogP contribution >= 0.6 is 0 Å². The van der Waals surface area contributed by atoms with Crippen molar-refractivity contribution in [1.29, 1.82) is 0 Å². The molecule has 0 aromatic heterocycles. The molecule has 1 saturated carbocycles. The number of benzene rings is 2. The van der Waals surface area contributed by atoms with Gasteiger partial charge in [-0.3, -0.25) is 4.79 Å². The molecule has 0 unspecified atom stereocenters.